The van der Waals surface area contributed by atoms with Crippen molar-refractivity contribution in [1.82, 2.24) is 20.3 Å². The van der Waals surface area contributed by atoms with Crippen LogP contribution >= 0.6 is 0 Å². The van der Waals surface area contributed by atoms with Crippen LogP contribution in [0.2, 0.25) is 0 Å². The molecule has 6 heteroatoms. The molecule has 3 aromatic rings. The summed E-state index contributed by atoms with van der Waals surface area (Å²) in [7, 11) is 0. The van der Waals surface area contributed by atoms with Crippen LogP contribution in [0.5, 0.6) is 0 Å². The summed E-state index contributed by atoms with van der Waals surface area (Å²) in [6.07, 6.45) is 3.47. The third-order valence-corrected chi connectivity index (χ3v) is 2.94. The van der Waals surface area contributed by atoms with Crippen molar-refractivity contribution >= 4 is 16.8 Å². The van der Waals surface area contributed by atoms with Crippen molar-refractivity contribution in [3.05, 3.63) is 60.3 Å². The number of fused-ring (bicyclic) bond motifs is 1. The Labute approximate surface area is 114 Å². The topological polar surface area (TPSA) is 90.9 Å². The summed E-state index contributed by atoms with van der Waals surface area (Å²) < 4.78 is 0. The number of benzene rings is 1. The van der Waals surface area contributed by atoms with Crippen LogP contribution < -0.4 is 5.32 Å². The molecule has 0 aliphatic rings. The van der Waals surface area contributed by atoms with Gasteiger partial charge in [-0.05, 0) is 12.1 Å². The molecular weight excluding hydrogens is 256 g/mol. The Morgan fingerprint density at radius 1 is 1.20 bits per heavy atom. The molecule has 0 bridgehead atoms. The maximum Gasteiger partial charge on any atom is 0.254 e. The van der Waals surface area contributed by atoms with E-state index in [0.717, 1.165) is 10.9 Å². The molecule has 1 aromatic carbocycles. The van der Waals surface area contributed by atoms with Gasteiger partial charge in [0, 0.05) is 24.0 Å². The first-order valence-corrected chi connectivity index (χ1v) is 6.07. The Morgan fingerprint density at radius 3 is 2.85 bits per heavy atom. The quantitative estimate of drug-likeness (QED) is 0.626. The molecule has 2 aromatic heterocycles. The number of aliphatic hydroxyl groups is 1. The molecule has 0 aliphatic heterocycles. The minimum atomic E-state index is -1.18. The summed E-state index contributed by atoms with van der Waals surface area (Å²) in [4.78, 5) is 23.1. The maximum atomic E-state index is 12.2. The normalized spacial score (nSPS) is 12.2. The van der Waals surface area contributed by atoms with E-state index in [-0.39, 0.29) is 11.7 Å². The number of aromatic nitrogens is 3. The SMILES string of the molecule is O=C(NC(O)c1ncc[nH]1)c1ccnc2ccccc12. The van der Waals surface area contributed by atoms with Crippen LogP contribution in [-0.2, 0) is 0 Å². The number of aliphatic hydroxyl groups excluding tert-OH is 1. The predicted molar refractivity (Wildman–Crippen MR) is 72.8 cm³/mol. The fourth-order valence-corrected chi connectivity index (χ4v) is 1.99. The van der Waals surface area contributed by atoms with Gasteiger partial charge in [0.15, 0.2) is 12.1 Å². The fraction of sp³-hybridized carbons (Fsp3) is 0.0714. The second-order valence-corrected chi connectivity index (χ2v) is 4.23. The summed E-state index contributed by atoms with van der Waals surface area (Å²) in [5.41, 5.74) is 1.19. The number of pyridine rings is 1. The van der Waals surface area contributed by atoms with Gasteiger partial charge in [0.25, 0.3) is 5.91 Å². The van der Waals surface area contributed by atoms with E-state index < -0.39 is 6.23 Å². The Kier molecular flexibility index (Phi) is 3.14. The van der Waals surface area contributed by atoms with E-state index in [9.17, 15) is 9.90 Å². The van der Waals surface area contributed by atoms with Crippen molar-refractivity contribution in [2.45, 2.75) is 6.23 Å². The highest BCUT2D eigenvalue weighted by molar-refractivity contribution is 6.05. The van der Waals surface area contributed by atoms with Crippen LogP contribution in [0, 0.1) is 0 Å². The molecule has 2 heterocycles. The summed E-state index contributed by atoms with van der Waals surface area (Å²) in [6, 6.07) is 8.95. The lowest BCUT2D eigenvalue weighted by molar-refractivity contribution is 0.0767. The number of nitrogens with one attached hydrogen (secondary N) is 2. The van der Waals surface area contributed by atoms with Crippen LogP contribution in [0.4, 0.5) is 0 Å². The Morgan fingerprint density at radius 2 is 2.05 bits per heavy atom. The first kappa shape index (κ1) is 12.3. The van der Waals surface area contributed by atoms with E-state index in [0.29, 0.717) is 5.56 Å². The number of carbonyl (C=O) groups is 1. The lowest BCUT2D eigenvalue weighted by atomic mass is 10.1. The highest BCUT2D eigenvalue weighted by atomic mass is 16.3. The zero-order chi connectivity index (χ0) is 13.9. The van der Waals surface area contributed by atoms with E-state index in [4.69, 9.17) is 0 Å². The molecule has 0 spiro atoms. The number of imidazole rings is 1. The maximum absolute atomic E-state index is 12.2. The molecule has 100 valence electrons. The zero-order valence-electron chi connectivity index (χ0n) is 10.4. The monoisotopic (exact) mass is 268 g/mol. The third-order valence-electron chi connectivity index (χ3n) is 2.94. The predicted octanol–water partition coefficient (Wildman–Crippen LogP) is 1.38. The van der Waals surface area contributed by atoms with Gasteiger partial charge in [-0.2, -0.15) is 0 Å². The van der Waals surface area contributed by atoms with Gasteiger partial charge in [-0.15, -0.1) is 0 Å². The molecule has 0 fully saturated rings. The molecule has 1 atom stereocenters. The number of para-hydroxylation sites is 1. The molecule has 20 heavy (non-hydrogen) atoms. The highest BCUT2D eigenvalue weighted by Crippen LogP contribution is 2.16. The number of hydrogen-bond donors (Lipinski definition) is 3. The van der Waals surface area contributed by atoms with Gasteiger partial charge in [-0.3, -0.25) is 9.78 Å². The van der Waals surface area contributed by atoms with Crippen LogP contribution in [-0.4, -0.2) is 26.0 Å². The van der Waals surface area contributed by atoms with E-state index in [2.05, 4.69) is 20.3 Å². The largest absolute Gasteiger partial charge is 0.367 e. The molecule has 3 N–H and O–H groups in total. The van der Waals surface area contributed by atoms with Crippen molar-refractivity contribution in [3.63, 3.8) is 0 Å². The van der Waals surface area contributed by atoms with E-state index in [1.807, 2.05) is 24.3 Å². The van der Waals surface area contributed by atoms with Gasteiger partial charge in [-0.1, -0.05) is 18.2 Å². The van der Waals surface area contributed by atoms with E-state index in [1.54, 1.807) is 18.5 Å². The lowest BCUT2D eigenvalue weighted by Gasteiger charge is -2.11. The molecule has 0 saturated heterocycles. The van der Waals surface area contributed by atoms with Crippen LogP contribution in [0.15, 0.2) is 48.9 Å². The Balaban J connectivity index is 1.89. The number of amides is 1. The molecule has 3 rings (SSSR count). The molecule has 6 nitrogen and oxygen atoms in total. The first-order chi connectivity index (χ1) is 9.75. The minimum Gasteiger partial charge on any atom is -0.367 e. The average Bonchev–Trinajstić information content (AvgIpc) is 3.01. The van der Waals surface area contributed by atoms with Crippen LogP contribution in [0.25, 0.3) is 10.9 Å². The van der Waals surface area contributed by atoms with Gasteiger partial charge < -0.3 is 15.4 Å². The van der Waals surface area contributed by atoms with Gasteiger partial charge in [-0.25, -0.2) is 4.98 Å². The minimum absolute atomic E-state index is 0.289. The van der Waals surface area contributed by atoms with Gasteiger partial charge >= 0.3 is 0 Å². The summed E-state index contributed by atoms with van der Waals surface area (Å²) in [5, 5.41) is 13.1. The van der Waals surface area contributed by atoms with Crippen LogP contribution in [0.3, 0.4) is 0 Å². The lowest BCUT2D eigenvalue weighted by Crippen LogP contribution is -2.29. The number of nitrogens with zero attached hydrogens (tertiary/aromatic N) is 2. The van der Waals surface area contributed by atoms with Gasteiger partial charge in [0.05, 0.1) is 11.1 Å². The smallest absolute Gasteiger partial charge is 0.254 e. The van der Waals surface area contributed by atoms with Crippen molar-refractivity contribution in [1.29, 1.82) is 0 Å². The fourth-order valence-electron chi connectivity index (χ4n) is 1.99. The van der Waals surface area contributed by atoms with Crippen molar-refractivity contribution in [2.75, 3.05) is 0 Å². The molecule has 1 unspecified atom stereocenters. The van der Waals surface area contributed by atoms with Gasteiger partial charge in [0.1, 0.15) is 0 Å². The molecule has 0 saturated carbocycles. The van der Waals surface area contributed by atoms with Crippen LogP contribution in [0.1, 0.15) is 22.4 Å². The number of H-pyrrole nitrogens is 1. The van der Waals surface area contributed by atoms with E-state index >= 15 is 0 Å². The summed E-state index contributed by atoms with van der Waals surface area (Å²) in [5.74, 6) is -0.0933. The number of aromatic amines is 1. The van der Waals surface area contributed by atoms with Gasteiger partial charge in [0.2, 0.25) is 0 Å². The summed E-state index contributed by atoms with van der Waals surface area (Å²) >= 11 is 0. The number of rotatable bonds is 3. The van der Waals surface area contributed by atoms with Crippen molar-refractivity contribution < 1.29 is 9.90 Å². The third kappa shape index (κ3) is 2.24. The van der Waals surface area contributed by atoms with Crippen molar-refractivity contribution in [2.24, 2.45) is 0 Å². The Bertz CT molecular complexity index is 735. The second-order valence-electron chi connectivity index (χ2n) is 4.23. The second kappa shape index (κ2) is 5.10. The van der Waals surface area contributed by atoms with E-state index in [1.165, 1.54) is 6.20 Å². The molecule has 0 radical (unpaired) electrons. The number of hydrogen-bond acceptors (Lipinski definition) is 4. The Hall–Kier alpha value is -2.73. The average molecular weight is 268 g/mol. The molecular formula is C14H12N4O2. The molecule has 0 aliphatic carbocycles. The van der Waals surface area contributed by atoms with Crippen molar-refractivity contribution in [3.8, 4) is 0 Å². The standard InChI is InChI=1S/C14H12N4O2/c19-13(18-14(20)12-16-7-8-17-12)10-5-6-15-11-4-2-1-3-9(10)11/h1-8,14,20H,(H,16,17)(H,18,19). The number of carbonyl (C=O) groups excluding carboxylic acids is 1. The zero-order valence-corrected chi connectivity index (χ0v) is 10.4. The highest BCUT2D eigenvalue weighted by Gasteiger charge is 2.16. The summed E-state index contributed by atoms with van der Waals surface area (Å²) in [6.45, 7) is 0. The molecule has 1 amide bonds. The first-order valence-electron chi connectivity index (χ1n) is 6.07.